The average molecular weight is 348 g/mol. The lowest BCUT2D eigenvalue weighted by Crippen LogP contribution is -2.49. The first-order valence-electron chi connectivity index (χ1n) is 9.80. The molecule has 3 heterocycles. The second-order valence-corrected chi connectivity index (χ2v) is 7.55. The second-order valence-electron chi connectivity index (χ2n) is 7.55. The molecule has 0 bridgehead atoms. The fourth-order valence-electron chi connectivity index (χ4n) is 4.54. The summed E-state index contributed by atoms with van der Waals surface area (Å²) >= 11 is 0. The number of piperidine rings is 1. The number of morpholine rings is 1. The van der Waals surface area contributed by atoms with Crippen LogP contribution in [0.5, 0.6) is 0 Å². The van der Waals surface area contributed by atoms with Crippen molar-refractivity contribution < 1.29 is 9.53 Å². The van der Waals surface area contributed by atoms with Crippen LogP contribution in [0.1, 0.15) is 48.4 Å². The molecule has 25 heavy (non-hydrogen) atoms. The van der Waals surface area contributed by atoms with E-state index in [1.165, 1.54) is 5.69 Å². The second kappa shape index (κ2) is 7.92. The molecule has 0 saturated carbocycles. The highest BCUT2D eigenvalue weighted by Crippen LogP contribution is 2.26. The third-order valence-corrected chi connectivity index (χ3v) is 6.25. The minimum atomic E-state index is 0.213. The Morgan fingerprint density at radius 3 is 2.40 bits per heavy atom. The van der Waals surface area contributed by atoms with E-state index in [2.05, 4.69) is 48.1 Å². The predicted molar refractivity (Wildman–Crippen MR) is 100 cm³/mol. The Morgan fingerprint density at radius 2 is 1.84 bits per heavy atom. The molecule has 5 heteroatoms. The third kappa shape index (κ3) is 3.77. The summed E-state index contributed by atoms with van der Waals surface area (Å²) in [5.41, 5.74) is 3.17. The fraction of sp³-hybridized carbons (Fsp3) is 0.750. The van der Waals surface area contributed by atoms with Crippen molar-refractivity contribution in [2.75, 3.05) is 39.4 Å². The van der Waals surface area contributed by atoms with Crippen molar-refractivity contribution in [2.45, 2.75) is 53.1 Å². The predicted octanol–water partition coefficient (Wildman–Crippen LogP) is 2.70. The van der Waals surface area contributed by atoms with Crippen LogP contribution in [0.2, 0.25) is 0 Å². The van der Waals surface area contributed by atoms with Crippen molar-refractivity contribution >= 4 is 5.91 Å². The fourth-order valence-corrected chi connectivity index (χ4v) is 4.54. The Bertz CT molecular complexity index is 596. The molecule has 2 saturated heterocycles. The van der Waals surface area contributed by atoms with Crippen LogP contribution >= 0.6 is 0 Å². The van der Waals surface area contributed by atoms with Gasteiger partial charge in [0.2, 0.25) is 0 Å². The molecule has 2 aliphatic rings. The minimum absolute atomic E-state index is 0.213. The zero-order valence-electron chi connectivity index (χ0n) is 16.3. The van der Waals surface area contributed by atoms with Gasteiger partial charge in [0.15, 0.2) is 0 Å². The van der Waals surface area contributed by atoms with E-state index in [4.69, 9.17) is 4.74 Å². The van der Waals surface area contributed by atoms with E-state index >= 15 is 0 Å². The Balaban J connectivity index is 1.59. The van der Waals surface area contributed by atoms with E-state index in [0.717, 1.165) is 70.0 Å². The van der Waals surface area contributed by atoms with Gasteiger partial charge in [-0.25, -0.2) is 0 Å². The maximum Gasteiger partial charge on any atom is 0.255 e. The molecular formula is C20H33N3O2. The maximum absolute atomic E-state index is 13.0. The Kier molecular flexibility index (Phi) is 5.85. The highest BCUT2D eigenvalue weighted by Gasteiger charge is 2.31. The summed E-state index contributed by atoms with van der Waals surface area (Å²) in [6.07, 6.45) is 2.22. The van der Waals surface area contributed by atoms with Gasteiger partial charge in [-0.15, -0.1) is 0 Å². The molecule has 2 fully saturated rings. The third-order valence-electron chi connectivity index (χ3n) is 6.25. The molecule has 1 aromatic heterocycles. The molecule has 1 atom stereocenters. The van der Waals surface area contributed by atoms with Crippen LogP contribution < -0.4 is 0 Å². The molecule has 0 aliphatic carbocycles. The van der Waals surface area contributed by atoms with Gasteiger partial charge in [0.05, 0.1) is 18.8 Å². The maximum atomic E-state index is 13.0. The number of carbonyl (C=O) groups is 1. The Morgan fingerprint density at radius 1 is 1.20 bits per heavy atom. The summed E-state index contributed by atoms with van der Waals surface area (Å²) in [6, 6.07) is 2.65. The van der Waals surface area contributed by atoms with Crippen molar-refractivity contribution in [3.8, 4) is 0 Å². The van der Waals surface area contributed by atoms with Crippen LogP contribution in [0.25, 0.3) is 0 Å². The number of hydrogen-bond acceptors (Lipinski definition) is 3. The first-order valence-corrected chi connectivity index (χ1v) is 9.80. The number of rotatable bonds is 4. The van der Waals surface area contributed by atoms with E-state index in [1.54, 1.807) is 0 Å². The quantitative estimate of drug-likeness (QED) is 0.840. The van der Waals surface area contributed by atoms with Gasteiger partial charge in [0.25, 0.3) is 5.91 Å². The van der Waals surface area contributed by atoms with Crippen molar-refractivity contribution in [1.82, 2.24) is 14.4 Å². The van der Waals surface area contributed by atoms with E-state index in [-0.39, 0.29) is 5.91 Å². The summed E-state index contributed by atoms with van der Waals surface area (Å²) in [7, 11) is 0. The van der Waals surface area contributed by atoms with Crippen LogP contribution in [0.3, 0.4) is 0 Å². The van der Waals surface area contributed by atoms with Crippen molar-refractivity contribution in [1.29, 1.82) is 0 Å². The summed E-state index contributed by atoms with van der Waals surface area (Å²) in [6.45, 7) is 15.1. The van der Waals surface area contributed by atoms with Gasteiger partial charge in [-0.3, -0.25) is 9.69 Å². The van der Waals surface area contributed by atoms with Crippen LogP contribution in [0.15, 0.2) is 6.07 Å². The standard InChI is InChI=1S/C20H33N3O2/c1-5-23-15(2)14-19(17(23)4)20(24)22-8-6-18(7-9-22)16(3)21-10-12-25-13-11-21/h14,16,18H,5-13H2,1-4H3/t16-/m0/s1. The summed E-state index contributed by atoms with van der Waals surface area (Å²) in [5, 5.41) is 0. The zero-order chi connectivity index (χ0) is 18.0. The first kappa shape index (κ1) is 18.5. The molecule has 5 nitrogen and oxygen atoms in total. The number of aryl methyl sites for hydroxylation is 1. The van der Waals surface area contributed by atoms with E-state index in [1.807, 2.05) is 0 Å². The summed E-state index contributed by atoms with van der Waals surface area (Å²) < 4.78 is 7.69. The molecule has 1 amide bonds. The van der Waals surface area contributed by atoms with Crippen molar-refractivity contribution in [3.63, 3.8) is 0 Å². The monoisotopic (exact) mass is 347 g/mol. The summed E-state index contributed by atoms with van der Waals surface area (Å²) in [4.78, 5) is 17.6. The van der Waals surface area contributed by atoms with Crippen LogP contribution in [0.4, 0.5) is 0 Å². The first-order chi connectivity index (χ1) is 12.0. The van der Waals surface area contributed by atoms with Gasteiger partial charge in [-0.05, 0) is 52.5 Å². The van der Waals surface area contributed by atoms with E-state index < -0.39 is 0 Å². The molecule has 140 valence electrons. The summed E-state index contributed by atoms with van der Waals surface area (Å²) in [5.74, 6) is 0.899. The molecule has 1 aromatic rings. The lowest BCUT2D eigenvalue weighted by Gasteiger charge is -2.41. The molecule has 0 N–H and O–H groups in total. The zero-order valence-corrected chi connectivity index (χ0v) is 16.3. The number of ether oxygens (including phenoxy) is 1. The largest absolute Gasteiger partial charge is 0.379 e. The minimum Gasteiger partial charge on any atom is -0.379 e. The van der Waals surface area contributed by atoms with Crippen molar-refractivity contribution in [2.24, 2.45) is 5.92 Å². The topological polar surface area (TPSA) is 37.7 Å². The Hall–Kier alpha value is -1.33. The molecule has 2 aliphatic heterocycles. The Labute approximate surface area is 151 Å². The van der Waals surface area contributed by atoms with Crippen molar-refractivity contribution in [3.05, 3.63) is 23.0 Å². The smallest absolute Gasteiger partial charge is 0.255 e. The number of amides is 1. The molecule has 0 unspecified atom stereocenters. The molecule has 3 rings (SSSR count). The van der Waals surface area contributed by atoms with Crippen LogP contribution in [0, 0.1) is 19.8 Å². The SMILES string of the molecule is CCn1c(C)cc(C(=O)N2CCC([C@H](C)N3CCOCC3)CC2)c1C. The molecular weight excluding hydrogens is 314 g/mol. The van der Waals surface area contributed by atoms with Gasteiger partial charge in [-0.2, -0.15) is 0 Å². The van der Waals surface area contributed by atoms with Crippen LogP contribution in [-0.4, -0.2) is 65.7 Å². The highest BCUT2D eigenvalue weighted by atomic mass is 16.5. The number of nitrogens with zero attached hydrogens (tertiary/aromatic N) is 3. The van der Waals surface area contributed by atoms with Gasteiger partial charge in [-0.1, -0.05) is 0 Å². The van der Waals surface area contributed by atoms with Gasteiger partial charge >= 0.3 is 0 Å². The highest BCUT2D eigenvalue weighted by molar-refractivity contribution is 5.95. The van der Waals surface area contributed by atoms with Crippen LogP contribution in [-0.2, 0) is 11.3 Å². The lowest BCUT2D eigenvalue weighted by molar-refractivity contribution is -0.000955. The molecule has 0 aromatic carbocycles. The lowest BCUT2D eigenvalue weighted by atomic mass is 9.89. The molecule has 0 radical (unpaired) electrons. The number of aromatic nitrogens is 1. The van der Waals surface area contributed by atoms with Gasteiger partial charge in [0, 0.05) is 50.2 Å². The van der Waals surface area contributed by atoms with Gasteiger partial charge in [0.1, 0.15) is 0 Å². The normalized spacial score (nSPS) is 21.5. The number of carbonyl (C=O) groups excluding carboxylic acids is 1. The van der Waals surface area contributed by atoms with Gasteiger partial charge < -0.3 is 14.2 Å². The number of hydrogen-bond donors (Lipinski definition) is 0. The number of likely N-dealkylation sites (tertiary alicyclic amines) is 1. The van der Waals surface area contributed by atoms with E-state index in [9.17, 15) is 4.79 Å². The molecule has 0 spiro atoms. The van der Waals surface area contributed by atoms with E-state index in [0.29, 0.717) is 12.0 Å². The average Bonchev–Trinajstić information content (AvgIpc) is 2.95.